The molecule has 4 saturated heterocycles. The first-order valence-corrected chi connectivity index (χ1v) is 9.05. The Morgan fingerprint density at radius 1 is 0.333 bits per heavy atom. The van der Waals surface area contributed by atoms with Crippen molar-refractivity contribution in [1.29, 1.82) is 0 Å². The first-order chi connectivity index (χ1) is 14.9. The summed E-state index contributed by atoms with van der Waals surface area (Å²) in [5.41, 5.74) is 0. The van der Waals surface area contributed by atoms with E-state index in [2.05, 4.69) is 0 Å². The molecule has 0 aromatic heterocycles. The van der Waals surface area contributed by atoms with Gasteiger partial charge in [-0.3, -0.25) is 59.2 Å². The van der Waals surface area contributed by atoms with Crippen molar-refractivity contribution in [3.63, 3.8) is 0 Å². The van der Waals surface area contributed by atoms with Crippen LogP contribution in [0.5, 0.6) is 0 Å². The third-order valence-electron chi connectivity index (χ3n) is 4.10. The van der Waals surface area contributed by atoms with Crippen LogP contribution in [0.15, 0.2) is 0 Å². The molecule has 0 bridgehead atoms. The van der Waals surface area contributed by atoms with Crippen LogP contribution in [0, 0.1) is 0 Å². The summed E-state index contributed by atoms with van der Waals surface area (Å²) in [6, 6.07) is 0. The van der Waals surface area contributed by atoms with E-state index in [0.29, 0.717) is 0 Å². The van der Waals surface area contributed by atoms with E-state index in [4.69, 9.17) is 20.8 Å². The van der Waals surface area contributed by atoms with Crippen molar-refractivity contribution in [2.75, 3.05) is 0 Å². The van der Waals surface area contributed by atoms with Crippen LogP contribution in [0.3, 0.4) is 0 Å². The minimum atomic E-state index is -0.505. The number of imide groups is 4. The second kappa shape index (κ2) is 13.7. The van der Waals surface area contributed by atoms with Crippen LogP contribution in [-0.2, 0) is 38.4 Å². The van der Waals surface area contributed by atoms with Crippen LogP contribution in [0.1, 0.15) is 51.4 Å². The topological polar surface area (TPSA) is 230 Å². The van der Waals surface area contributed by atoms with Gasteiger partial charge >= 0.3 is 23.9 Å². The van der Waals surface area contributed by atoms with E-state index < -0.39 is 47.3 Å². The van der Waals surface area contributed by atoms with E-state index in [1.807, 2.05) is 0 Å². The Bertz CT molecular complexity index is 647. The number of carbonyl (C=O) groups is 8. The fourth-order valence-corrected chi connectivity index (χ4v) is 2.26. The molecule has 0 aliphatic carbocycles. The molecule has 0 aromatic carbocycles. The third-order valence-corrected chi connectivity index (χ3v) is 4.10. The fourth-order valence-electron chi connectivity index (χ4n) is 2.26. The summed E-state index contributed by atoms with van der Waals surface area (Å²) in [7, 11) is 0. The summed E-state index contributed by atoms with van der Waals surface area (Å²) in [6.45, 7) is 0. The van der Waals surface area contributed by atoms with Crippen molar-refractivity contribution < 1.29 is 59.2 Å². The number of hydrogen-bond donors (Lipinski definition) is 4. The molecule has 16 nitrogen and oxygen atoms in total. The van der Waals surface area contributed by atoms with Crippen LogP contribution >= 0.6 is 0 Å². The number of hydroxylamine groups is 8. The Hall–Kier alpha value is -2.80. The molecule has 0 spiro atoms. The zero-order valence-corrected chi connectivity index (χ0v) is 21.2. The van der Waals surface area contributed by atoms with E-state index in [1.54, 1.807) is 0 Å². The van der Waals surface area contributed by atoms with Crippen molar-refractivity contribution in [2.24, 2.45) is 0 Å². The molecule has 4 heterocycles. The van der Waals surface area contributed by atoms with Gasteiger partial charge in [0, 0.05) is 51.4 Å². The zero-order valence-electron chi connectivity index (χ0n) is 17.2. The van der Waals surface area contributed by atoms with Gasteiger partial charge in [-0.2, -0.15) is 20.3 Å². The van der Waals surface area contributed by atoms with Crippen LogP contribution in [0.25, 0.3) is 0 Å². The molecule has 0 saturated carbocycles. The van der Waals surface area contributed by atoms with Crippen molar-refractivity contribution in [2.45, 2.75) is 51.4 Å². The molecule has 4 N–H and O–H groups in total. The first kappa shape index (κ1) is 30.2. The molecule has 8 amide bonds. The van der Waals surface area contributed by atoms with Gasteiger partial charge in [-0.05, 0) is 0 Å². The number of amides is 8. The molecular weight excluding hydrogens is 559 g/mol. The predicted molar refractivity (Wildman–Crippen MR) is 100 cm³/mol. The monoisotopic (exact) mass is 582 g/mol. The van der Waals surface area contributed by atoms with Gasteiger partial charge in [0.1, 0.15) is 0 Å². The summed E-state index contributed by atoms with van der Waals surface area (Å²) in [6.07, 6.45) is 1.19. The Kier molecular flexibility index (Phi) is 12.5. The maximum absolute atomic E-state index is 10.2. The van der Waals surface area contributed by atoms with Gasteiger partial charge in [-0.15, -0.1) is 0 Å². The van der Waals surface area contributed by atoms with Crippen molar-refractivity contribution >= 4 is 71.2 Å². The van der Waals surface area contributed by atoms with E-state index >= 15 is 0 Å². The summed E-state index contributed by atoms with van der Waals surface area (Å²) in [5.74, 6) is -4.04. The Labute approximate surface area is 202 Å². The van der Waals surface area contributed by atoms with Crippen molar-refractivity contribution in [3.05, 3.63) is 0 Å². The fraction of sp³-hybridized carbons (Fsp3) is 0.500. The molecular formula is C16H22N4O12Sn. The van der Waals surface area contributed by atoms with E-state index in [9.17, 15) is 38.4 Å². The Morgan fingerprint density at radius 3 is 0.455 bits per heavy atom. The van der Waals surface area contributed by atoms with Gasteiger partial charge in [0.2, 0.25) is 0 Å². The summed E-state index contributed by atoms with van der Waals surface area (Å²) in [5, 5.41) is 34.3. The van der Waals surface area contributed by atoms with Crippen LogP contribution in [-0.4, -0.2) is 112 Å². The van der Waals surface area contributed by atoms with Gasteiger partial charge < -0.3 is 0 Å². The van der Waals surface area contributed by atoms with Gasteiger partial charge in [-0.25, -0.2) is 0 Å². The van der Waals surface area contributed by atoms with Gasteiger partial charge in [0.25, 0.3) is 47.3 Å². The average Bonchev–Trinajstić information content (AvgIpc) is 3.44. The molecule has 0 aromatic rings. The number of nitrogens with zero attached hydrogens (tertiary/aromatic N) is 4. The van der Waals surface area contributed by atoms with E-state index in [0.717, 1.165) is 0 Å². The molecule has 33 heavy (non-hydrogen) atoms. The number of carbonyl (C=O) groups excluding carboxylic acids is 8. The van der Waals surface area contributed by atoms with Crippen LogP contribution in [0.4, 0.5) is 0 Å². The van der Waals surface area contributed by atoms with Crippen molar-refractivity contribution in [3.8, 4) is 0 Å². The second-order valence-corrected chi connectivity index (χ2v) is 6.40. The normalized spacial score (nSPS) is 19.8. The standard InChI is InChI=1S/4C4H5NO3.Sn.2H/c4*6-3-1-2-4(7)5(3)8;;;/h4*8H,1-2H2;;;. The molecule has 182 valence electrons. The molecule has 4 rings (SSSR count). The average molecular weight is 581 g/mol. The first-order valence-electron chi connectivity index (χ1n) is 9.05. The SMILES string of the molecule is O=C1CCC(=O)N1O.O=C1CCC(=O)N1O.O=C1CCC(=O)N1O.O=C1CCC(=O)N1O.[SnH2]. The molecule has 4 aliphatic rings. The predicted octanol–water partition coefficient (Wildman–Crippen LogP) is -2.82. The quantitative estimate of drug-likeness (QED) is 0.129. The minimum absolute atomic E-state index is 0. The van der Waals surface area contributed by atoms with Gasteiger partial charge in [0.05, 0.1) is 0 Å². The summed E-state index contributed by atoms with van der Waals surface area (Å²) in [4.78, 5) is 81.9. The van der Waals surface area contributed by atoms with Gasteiger partial charge in [-0.1, -0.05) is 0 Å². The van der Waals surface area contributed by atoms with E-state index in [-0.39, 0.29) is 95.5 Å². The van der Waals surface area contributed by atoms with Crippen LogP contribution < -0.4 is 0 Å². The molecule has 2 radical (unpaired) electrons. The summed E-state index contributed by atoms with van der Waals surface area (Å²) >= 11 is 0. The Morgan fingerprint density at radius 2 is 0.424 bits per heavy atom. The van der Waals surface area contributed by atoms with Crippen LogP contribution in [0.2, 0.25) is 0 Å². The number of hydrogen-bond acceptors (Lipinski definition) is 12. The zero-order chi connectivity index (χ0) is 24.6. The van der Waals surface area contributed by atoms with Crippen molar-refractivity contribution in [1.82, 2.24) is 20.3 Å². The molecule has 0 unspecified atom stereocenters. The van der Waals surface area contributed by atoms with E-state index in [1.165, 1.54) is 0 Å². The second-order valence-electron chi connectivity index (χ2n) is 6.40. The molecule has 4 fully saturated rings. The number of rotatable bonds is 0. The summed E-state index contributed by atoms with van der Waals surface area (Å²) < 4.78 is 0. The maximum atomic E-state index is 10.2. The third kappa shape index (κ3) is 8.92. The van der Waals surface area contributed by atoms with Gasteiger partial charge in [0.15, 0.2) is 0 Å². The molecule has 4 aliphatic heterocycles. The molecule has 0 atom stereocenters. The Balaban J connectivity index is 0.000000410. The molecule has 17 heteroatoms.